The van der Waals surface area contributed by atoms with Crippen LogP contribution in [0.4, 0.5) is 4.39 Å². The highest BCUT2D eigenvalue weighted by atomic mass is 35.5. The molecule has 0 aliphatic heterocycles. The van der Waals surface area contributed by atoms with Gasteiger partial charge in [-0.3, -0.25) is 0 Å². The number of sulfonamides is 1. The fourth-order valence-electron chi connectivity index (χ4n) is 2.23. The molecule has 1 aromatic rings. The lowest BCUT2D eigenvalue weighted by atomic mass is 9.91. The summed E-state index contributed by atoms with van der Waals surface area (Å²) < 4.78 is 41.4. The first-order valence-electron chi connectivity index (χ1n) is 6.97. The van der Waals surface area contributed by atoms with E-state index in [0.717, 1.165) is 6.07 Å². The molecule has 4 nitrogen and oxygen atoms in total. The van der Waals surface area contributed by atoms with Gasteiger partial charge in [0.15, 0.2) is 0 Å². The molecular formula is C14H22ClFN2O2S. The van der Waals surface area contributed by atoms with Crippen LogP contribution in [0.25, 0.3) is 0 Å². The topological polar surface area (TPSA) is 72.2 Å². The van der Waals surface area contributed by atoms with E-state index in [1.54, 1.807) is 0 Å². The minimum absolute atomic E-state index is 0.0282. The molecule has 0 atom stereocenters. The number of nitrogens with one attached hydrogen (secondary N) is 1. The average Bonchev–Trinajstić information content (AvgIpc) is 2.47. The third-order valence-corrected chi connectivity index (χ3v) is 5.97. The lowest BCUT2D eigenvalue weighted by Gasteiger charge is -2.31. The molecule has 120 valence electrons. The molecule has 1 rings (SSSR count). The number of benzene rings is 1. The maximum Gasteiger partial charge on any atom is 0.241 e. The Kier molecular flexibility index (Phi) is 6.16. The van der Waals surface area contributed by atoms with Crippen LogP contribution in [-0.2, 0) is 16.6 Å². The van der Waals surface area contributed by atoms with Gasteiger partial charge < -0.3 is 5.73 Å². The van der Waals surface area contributed by atoms with E-state index in [2.05, 4.69) is 4.72 Å². The molecule has 0 fully saturated rings. The highest BCUT2D eigenvalue weighted by Gasteiger charge is 2.31. The van der Waals surface area contributed by atoms with Gasteiger partial charge in [0.05, 0.1) is 9.92 Å². The molecule has 0 spiro atoms. The first kappa shape index (κ1) is 18.4. The van der Waals surface area contributed by atoms with Crippen molar-refractivity contribution in [3.8, 4) is 0 Å². The monoisotopic (exact) mass is 336 g/mol. The smallest absolute Gasteiger partial charge is 0.241 e. The Hall–Kier alpha value is -0.690. The van der Waals surface area contributed by atoms with Gasteiger partial charge >= 0.3 is 0 Å². The van der Waals surface area contributed by atoms with E-state index in [1.165, 1.54) is 6.07 Å². The normalized spacial score (nSPS) is 12.7. The first-order valence-corrected chi connectivity index (χ1v) is 8.83. The average molecular weight is 337 g/mol. The van der Waals surface area contributed by atoms with Crippen molar-refractivity contribution in [2.75, 3.05) is 0 Å². The van der Waals surface area contributed by atoms with Gasteiger partial charge in [0.2, 0.25) is 10.0 Å². The van der Waals surface area contributed by atoms with Crippen LogP contribution in [-0.4, -0.2) is 14.0 Å². The third kappa shape index (κ3) is 3.94. The summed E-state index contributed by atoms with van der Waals surface area (Å²) in [5.74, 6) is -0.782. The highest BCUT2D eigenvalue weighted by molar-refractivity contribution is 7.89. The van der Waals surface area contributed by atoms with Crippen LogP contribution in [0, 0.1) is 5.82 Å². The minimum atomic E-state index is -3.83. The Morgan fingerprint density at radius 1 is 1.24 bits per heavy atom. The van der Waals surface area contributed by atoms with E-state index in [4.69, 9.17) is 17.3 Å². The number of rotatable bonds is 7. The molecule has 0 aliphatic rings. The van der Waals surface area contributed by atoms with Crippen LogP contribution in [0.1, 0.15) is 45.6 Å². The molecular weight excluding hydrogens is 315 g/mol. The number of hydrogen-bond donors (Lipinski definition) is 2. The van der Waals surface area contributed by atoms with Gasteiger partial charge in [0.1, 0.15) is 5.82 Å². The Morgan fingerprint density at radius 2 is 1.76 bits per heavy atom. The summed E-state index contributed by atoms with van der Waals surface area (Å²) >= 11 is 5.76. The van der Waals surface area contributed by atoms with E-state index >= 15 is 0 Å². The Labute approximate surface area is 130 Å². The van der Waals surface area contributed by atoms with Crippen molar-refractivity contribution in [2.45, 2.75) is 57.0 Å². The lowest BCUT2D eigenvalue weighted by Crippen LogP contribution is -2.47. The Balaban J connectivity index is 3.29. The summed E-state index contributed by atoms with van der Waals surface area (Å²) in [7, 11) is -3.83. The van der Waals surface area contributed by atoms with Gasteiger partial charge in [0, 0.05) is 12.1 Å². The molecule has 7 heteroatoms. The van der Waals surface area contributed by atoms with Crippen LogP contribution in [0.2, 0.25) is 5.02 Å². The van der Waals surface area contributed by atoms with Crippen LogP contribution >= 0.6 is 11.6 Å². The van der Waals surface area contributed by atoms with Gasteiger partial charge in [0.25, 0.3) is 0 Å². The van der Waals surface area contributed by atoms with Gasteiger partial charge in [-0.05, 0) is 37.0 Å². The molecule has 3 N–H and O–H groups in total. The zero-order valence-electron chi connectivity index (χ0n) is 12.5. The van der Waals surface area contributed by atoms with Crippen molar-refractivity contribution >= 4 is 21.6 Å². The van der Waals surface area contributed by atoms with E-state index < -0.39 is 21.4 Å². The fraction of sp³-hybridized carbons (Fsp3) is 0.571. The van der Waals surface area contributed by atoms with Crippen molar-refractivity contribution in [3.05, 3.63) is 28.5 Å². The highest BCUT2D eigenvalue weighted by Crippen LogP contribution is 2.27. The summed E-state index contributed by atoms with van der Waals surface area (Å²) in [6.07, 6.45) is 1.96. The third-order valence-electron chi connectivity index (χ3n) is 3.99. The lowest BCUT2D eigenvalue weighted by molar-refractivity contribution is 0.341. The van der Waals surface area contributed by atoms with Crippen molar-refractivity contribution in [1.82, 2.24) is 4.72 Å². The van der Waals surface area contributed by atoms with Gasteiger partial charge in [-0.1, -0.05) is 32.4 Å². The standard InChI is InChI=1S/C14H22ClFN2O2S/c1-4-14(5-2,6-3)18-21(19,20)11-7-10(9-17)13(15)12(16)8-11/h7-8,18H,4-6,9,17H2,1-3H3. The summed E-state index contributed by atoms with van der Waals surface area (Å²) in [6, 6.07) is 2.25. The molecule has 1 aromatic carbocycles. The van der Waals surface area contributed by atoms with E-state index in [0.29, 0.717) is 19.3 Å². The Morgan fingerprint density at radius 3 is 2.19 bits per heavy atom. The molecule has 21 heavy (non-hydrogen) atoms. The first-order chi connectivity index (χ1) is 9.75. The van der Waals surface area contributed by atoms with Gasteiger partial charge in [-0.15, -0.1) is 0 Å². The number of halogens is 2. The van der Waals surface area contributed by atoms with Gasteiger partial charge in [-0.25, -0.2) is 17.5 Å². The zero-order chi connectivity index (χ0) is 16.3. The number of hydrogen-bond acceptors (Lipinski definition) is 3. The maximum absolute atomic E-state index is 13.8. The van der Waals surface area contributed by atoms with Crippen molar-refractivity contribution in [1.29, 1.82) is 0 Å². The van der Waals surface area contributed by atoms with Crippen LogP contribution in [0.5, 0.6) is 0 Å². The predicted molar refractivity (Wildman–Crippen MR) is 83.2 cm³/mol. The van der Waals surface area contributed by atoms with E-state index in [1.807, 2.05) is 20.8 Å². The second-order valence-electron chi connectivity index (χ2n) is 5.03. The summed E-state index contributed by atoms with van der Waals surface area (Å²) in [5, 5.41) is -0.135. The van der Waals surface area contributed by atoms with Crippen LogP contribution < -0.4 is 10.5 Å². The molecule has 0 aromatic heterocycles. The summed E-state index contributed by atoms with van der Waals surface area (Å²) in [5.41, 5.74) is 5.21. The fourth-order valence-corrected chi connectivity index (χ4v) is 4.10. The molecule has 0 amide bonds. The molecule has 0 saturated carbocycles. The zero-order valence-corrected chi connectivity index (χ0v) is 14.1. The molecule has 0 unspecified atom stereocenters. The number of nitrogens with two attached hydrogens (primary N) is 1. The van der Waals surface area contributed by atoms with Crippen LogP contribution in [0.15, 0.2) is 17.0 Å². The van der Waals surface area contributed by atoms with Crippen molar-refractivity contribution in [2.24, 2.45) is 5.73 Å². The van der Waals surface area contributed by atoms with Crippen molar-refractivity contribution in [3.63, 3.8) is 0 Å². The van der Waals surface area contributed by atoms with Gasteiger partial charge in [-0.2, -0.15) is 0 Å². The van der Waals surface area contributed by atoms with Crippen LogP contribution in [0.3, 0.4) is 0 Å². The second kappa shape index (κ2) is 7.05. The molecule has 0 bridgehead atoms. The molecule has 0 radical (unpaired) electrons. The quantitative estimate of drug-likeness (QED) is 0.803. The summed E-state index contributed by atoms with van der Waals surface area (Å²) in [6.45, 7) is 5.73. The molecule has 0 heterocycles. The maximum atomic E-state index is 13.8. The second-order valence-corrected chi connectivity index (χ2v) is 7.09. The van der Waals surface area contributed by atoms with Crippen molar-refractivity contribution < 1.29 is 12.8 Å². The predicted octanol–water partition coefficient (Wildman–Crippen LogP) is 3.18. The molecule has 0 aliphatic carbocycles. The largest absolute Gasteiger partial charge is 0.326 e. The van der Waals surface area contributed by atoms with E-state index in [9.17, 15) is 12.8 Å². The minimum Gasteiger partial charge on any atom is -0.326 e. The SMILES string of the molecule is CCC(CC)(CC)NS(=O)(=O)c1cc(F)c(Cl)c(CN)c1. The molecule has 0 saturated heterocycles. The Bertz CT molecular complexity index is 593. The van der Waals surface area contributed by atoms with E-state index in [-0.39, 0.29) is 22.0 Å². The summed E-state index contributed by atoms with van der Waals surface area (Å²) in [4.78, 5) is -0.149.